The van der Waals surface area contributed by atoms with Crippen molar-refractivity contribution in [3.05, 3.63) is 21.4 Å². The lowest BCUT2D eigenvalue weighted by Crippen LogP contribution is -2.06. The topological polar surface area (TPSA) is 31.2 Å². The first kappa shape index (κ1) is 13.7. The summed E-state index contributed by atoms with van der Waals surface area (Å²) in [5.41, 5.74) is 2.98. The van der Waals surface area contributed by atoms with Gasteiger partial charge in [0.05, 0.1) is 17.1 Å². The van der Waals surface area contributed by atoms with Gasteiger partial charge in [-0.3, -0.25) is 0 Å². The van der Waals surface area contributed by atoms with Crippen LogP contribution in [0.15, 0.2) is 4.47 Å². The molecule has 0 saturated heterocycles. The van der Waals surface area contributed by atoms with Crippen molar-refractivity contribution < 1.29 is 9.53 Å². The van der Waals surface area contributed by atoms with Crippen LogP contribution < -0.4 is 0 Å². The molecule has 1 aliphatic rings. The van der Waals surface area contributed by atoms with Crippen LogP contribution in [0.3, 0.4) is 0 Å². The zero-order valence-electron chi connectivity index (χ0n) is 11.4. The second-order valence-electron chi connectivity index (χ2n) is 5.06. The van der Waals surface area contributed by atoms with E-state index in [4.69, 9.17) is 4.74 Å². The third-order valence-electron chi connectivity index (χ3n) is 3.81. The fourth-order valence-electron chi connectivity index (χ4n) is 2.48. The molecule has 0 aromatic carbocycles. The second-order valence-corrected chi connectivity index (χ2v) is 5.85. The van der Waals surface area contributed by atoms with E-state index in [-0.39, 0.29) is 5.97 Å². The average Bonchev–Trinajstić information content (AvgIpc) is 3.14. The maximum atomic E-state index is 11.9. The Hall–Kier alpha value is -0.770. The van der Waals surface area contributed by atoms with E-state index in [1.165, 1.54) is 25.6 Å². The number of nitrogens with zero attached hydrogens (tertiary/aromatic N) is 1. The zero-order valence-corrected chi connectivity index (χ0v) is 13.0. The molecule has 0 spiro atoms. The molecule has 1 aromatic heterocycles. The molecule has 1 atom stereocenters. The Balaban J connectivity index is 2.60. The number of esters is 1. The van der Waals surface area contributed by atoms with Gasteiger partial charge in [0.15, 0.2) is 0 Å². The molecule has 0 amide bonds. The number of rotatable bonds is 4. The lowest BCUT2D eigenvalue weighted by Gasteiger charge is -2.15. The summed E-state index contributed by atoms with van der Waals surface area (Å²) in [4.78, 5) is 11.9. The fraction of sp³-hybridized carbons (Fsp3) is 0.643. The molecule has 2 rings (SSSR count). The number of carbonyl (C=O) groups excluding carboxylic acids is 1. The first-order valence-electron chi connectivity index (χ1n) is 6.51. The van der Waals surface area contributed by atoms with Gasteiger partial charge in [-0.05, 0) is 48.0 Å². The highest BCUT2D eigenvalue weighted by atomic mass is 79.9. The van der Waals surface area contributed by atoms with Gasteiger partial charge in [0.2, 0.25) is 0 Å². The van der Waals surface area contributed by atoms with E-state index < -0.39 is 0 Å². The molecule has 1 saturated carbocycles. The van der Waals surface area contributed by atoms with E-state index in [2.05, 4.69) is 34.3 Å². The van der Waals surface area contributed by atoms with Crippen molar-refractivity contribution in [2.75, 3.05) is 7.11 Å². The zero-order chi connectivity index (χ0) is 13.4. The summed E-state index contributed by atoms with van der Waals surface area (Å²) < 4.78 is 8.16. The normalized spacial score (nSPS) is 16.7. The Bertz CT molecular complexity index is 475. The predicted molar refractivity (Wildman–Crippen MR) is 75.2 cm³/mol. The van der Waals surface area contributed by atoms with E-state index >= 15 is 0 Å². The molecule has 0 N–H and O–H groups in total. The Morgan fingerprint density at radius 3 is 2.61 bits per heavy atom. The largest absolute Gasteiger partial charge is 0.465 e. The SMILES string of the molecule is CCC(C)c1c(Br)c(C(=O)OC)c(C)n1C1CC1. The third kappa shape index (κ3) is 2.11. The van der Waals surface area contributed by atoms with Crippen LogP contribution >= 0.6 is 15.9 Å². The standard InChI is InChI=1S/C14H20BrNO2/c1-5-8(2)13-12(15)11(14(17)18-4)9(3)16(13)10-6-7-10/h8,10H,5-7H2,1-4H3. The van der Waals surface area contributed by atoms with E-state index in [9.17, 15) is 4.79 Å². The highest BCUT2D eigenvalue weighted by molar-refractivity contribution is 9.10. The van der Waals surface area contributed by atoms with Gasteiger partial charge in [-0.15, -0.1) is 0 Å². The molecule has 1 fully saturated rings. The minimum absolute atomic E-state index is 0.247. The highest BCUT2D eigenvalue weighted by Gasteiger charge is 2.34. The lowest BCUT2D eigenvalue weighted by atomic mass is 10.0. The molecule has 1 heterocycles. The minimum Gasteiger partial charge on any atom is -0.465 e. The van der Waals surface area contributed by atoms with Crippen molar-refractivity contribution >= 4 is 21.9 Å². The van der Waals surface area contributed by atoms with Crippen molar-refractivity contribution in [2.45, 2.75) is 52.0 Å². The fourth-order valence-corrected chi connectivity index (χ4v) is 3.51. The second kappa shape index (κ2) is 5.08. The Kier molecular flexibility index (Phi) is 3.85. The van der Waals surface area contributed by atoms with Crippen LogP contribution in [-0.2, 0) is 4.74 Å². The van der Waals surface area contributed by atoms with Crippen molar-refractivity contribution in [3.63, 3.8) is 0 Å². The molecule has 0 aliphatic heterocycles. The Morgan fingerprint density at radius 2 is 2.17 bits per heavy atom. The maximum absolute atomic E-state index is 11.9. The van der Waals surface area contributed by atoms with Gasteiger partial charge in [-0.25, -0.2) is 4.79 Å². The first-order valence-corrected chi connectivity index (χ1v) is 7.30. The van der Waals surface area contributed by atoms with Crippen LogP contribution in [0.1, 0.15) is 66.8 Å². The number of methoxy groups -OCH3 is 1. The summed E-state index contributed by atoms with van der Waals surface area (Å²) in [7, 11) is 1.44. The van der Waals surface area contributed by atoms with Gasteiger partial charge >= 0.3 is 5.97 Å². The van der Waals surface area contributed by atoms with Crippen LogP contribution in [0.4, 0.5) is 0 Å². The first-order chi connectivity index (χ1) is 8.52. The third-order valence-corrected chi connectivity index (χ3v) is 4.61. The summed E-state index contributed by atoms with van der Waals surface area (Å²) in [6, 6.07) is 0.573. The van der Waals surface area contributed by atoms with Gasteiger partial charge in [-0.1, -0.05) is 13.8 Å². The Morgan fingerprint density at radius 1 is 1.56 bits per heavy atom. The van der Waals surface area contributed by atoms with E-state index in [0.717, 1.165) is 16.6 Å². The average molecular weight is 314 g/mol. The summed E-state index contributed by atoms with van der Waals surface area (Å²) in [6.45, 7) is 6.40. The molecule has 1 unspecified atom stereocenters. The molecule has 18 heavy (non-hydrogen) atoms. The van der Waals surface area contributed by atoms with E-state index in [0.29, 0.717) is 17.5 Å². The molecule has 3 nitrogen and oxygen atoms in total. The van der Waals surface area contributed by atoms with Crippen LogP contribution in [0.25, 0.3) is 0 Å². The van der Waals surface area contributed by atoms with E-state index in [1.54, 1.807) is 0 Å². The maximum Gasteiger partial charge on any atom is 0.340 e. The molecule has 1 aromatic rings. The highest BCUT2D eigenvalue weighted by Crippen LogP contribution is 2.44. The summed E-state index contributed by atoms with van der Waals surface area (Å²) in [6.07, 6.45) is 3.49. The minimum atomic E-state index is -0.247. The van der Waals surface area contributed by atoms with Crippen molar-refractivity contribution in [3.8, 4) is 0 Å². The van der Waals surface area contributed by atoms with Gasteiger partial charge in [0, 0.05) is 17.4 Å². The van der Waals surface area contributed by atoms with Crippen LogP contribution in [-0.4, -0.2) is 17.6 Å². The number of ether oxygens (including phenoxy) is 1. The van der Waals surface area contributed by atoms with Gasteiger partial charge in [0.1, 0.15) is 0 Å². The van der Waals surface area contributed by atoms with Gasteiger partial charge in [-0.2, -0.15) is 0 Å². The predicted octanol–water partition coefficient (Wildman–Crippen LogP) is 4.19. The molecule has 1 aliphatic carbocycles. The molecule has 0 radical (unpaired) electrons. The van der Waals surface area contributed by atoms with Crippen molar-refractivity contribution in [1.82, 2.24) is 4.57 Å². The van der Waals surface area contributed by atoms with E-state index in [1.807, 2.05) is 6.92 Å². The van der Waals surface area contributed by atoms with Crippen LogP contribution in [0.5, 0.6) is 0 Å². The molecule has 0 bridgehead atoms. The smallest absolute Gasteiger partial charge is 0.340 e. The summed E-state index contributed by atoms with van der Waals surface area (Å²) in [5.74, 6) is 0.195. The van der Waals surface area contributed by atoms with Gasteiger partial charge in [0.25, 0.3) is 0 Å². The molecule has 100 valence electrons. The number of aromatic nitrogens is 1. The number of hydrogen-bond donors (Lipinski definition) is 0. The number of halogens is 1. The summed E-state index contributed by atoms with van der Waals surface area (Å²) >= 11 is 3.61. The number of hydrogen-bond acceptors (Lipinski definition) is 2. The quantitative estimate of drug-likeness (QED) is 0.780. The summed E-state index contributed by atoms with van der Waals surface area (Å²) in [5, 5.41) is 0. The molecular formula is C14H20BrNO2. The van der Waals surface area contributed by atoms with Gasteiger partial charge < -0.3 is 9.30 Å². The van der Waals surface area contributed by atoms with Crippen LogP contribution in [0, 0.1) is 6.92 Å². The Labute approximate surface area is 117 Å². The van der Waals surface area contributed by atoms with Crippen molar-refractivity contribution in [1.29, 1.82) is 0 Å². The lowest BCUT2D eigenvalue weighted by molar-refractivity contribution is 0.0599. The van der Waals surface area contributed by atoms with Crippen LogP contribution in [0.2, 0.25) is 0 Å². The van der Waals surface area contributed by atoms with Crippen molar-refractivity contribution in [2.24, 2.45) is 0 Å². The molecule has 4 heteroatoms. The molecular weight excluding hydrogens is 294 g/mol. The monoisotopic (exact) mass is 313 g/mol. The number of carbonyl (C=O) groups is 1.